The molecule has 0 aliphatic carbocycles. The molecule has 0 N–H and O–H groups in total. The van der Waals surface area contributed by atoms with Crippen LogP contribution in [0.3, 0.4) is 0 Å². The molecule has 6 atom stereocenters. The number of rotatable bonds is 10. The lowest BCUT2D eigenvalue weighted by Crippen LogP contribution is -2.63. The first-order valence-electron chi connectivity index (χ1n) is 10.7. The SMILES string of the molecule is CC(=O)OC[C@H]1O[C@@H](O[C@H](C)OCc2ccccc2)[C@H](OC(C)=O)[C@@H](OC(C)=O)[C@@H]1OC(C)=O. The first-order valence-corrected chi connectivity index (χ1v) is 10.7. The molecule has 1 fully saturated rings. The van der Waals surface area contributed by atoms with Gasteiger partial charge >= 0.3 is 23.9 Å². The zero-order valence-corrected chi connectivity index (χ0v) is 19.8. The van der Waals surface area contributed by atoms with E-state index in [0.29, 0.717) is 0 Å². The van der Waals surface area contributed by atoms with Crippen molar-refractivity contribution in [3.63, 3.8) is 0 Å². The first kappa shape index (κ1) is 27.2. The molecule has 1 aliphatic heterocycles. The second-order valence-corrected chi connectivity index (χ2v) is 7.57. The summed E-state index contributed by atoms with van der Waals surface area (Å²) < 4.78 is 38.5. The second-order valence-electron chi connectivity index (χ2n) is 7.57. The van der Waals surface area contributed by atoms with Crippen molar-refractivity contribution in [2.24, 2.45) is 0 Å². The first-order chi connectivity index (χ1) is 16.1. The molecular weight excluding hydrogens is 452 g/mol. The van der Waals surface area contributed by atoms with Gasteiger partial charge in [-0.05, 0) is 12.5 Å². The van der Waals surface area contributed by atoms with Crippen LogP contribution in [0.2, 0.25) is 0 Å². The van der Waals surface area contributed by atoms with E-state index in [4.69, 9.17) is 33.2 Å². The lowest BCUT2D eigenvalue weighted by molar-refractivity contribution is -0.338. The lowest BCUT2D eigenvalue weighted by Gasteiger charge is -2.44. The number of esters is 4. The standard InChI is InChI=1S/C23H30O11/c1-13(24)28-12-19-20(30-14(2)25)21(31-15(3)26)22(32-16(4)27)23(34-19)33-17(5)29-11-18-9-7-6-8-10-18/h6-10,17,19-23H,11-12H2,1-5H3/t17-,19-,20-,21+,22-,23-/m1/s1. The van der Waals surface area contributed by atoms with Crippen molar-refractivity contribution >= 4 is 23.9 Å². The quantitative estimate of drug-likeness (QED) is 0.274. The number of ether oxygens (including phenoxy) is 7. The van der Waals surface area contributed by atoms with Crippen LogP contribution in [-0.4, -0.2) is 67.5 Å². The van der Waals surface area contributed by atoms with E-state index < -0.39 is 60.9 Å². The number of hydrogen-bond donors (Lipinski definition) is 0. The van der Waals surface area contributed by atoms with Crippen LogP contribution in [0.25, 0.3) is 0 Å². The van der Waals surface area contributed by atoms with Crippen molar-refractivity contribution in [2.75, 3.05) is 6.61 Å². The van der Waals surface area contributed by atoms with Crippen LogP contribution in [0.5, 0.6) is 0 Å². The van der Waals surface area contributed by atoms with Crippen molar-refractivity contribution in [1.29, 1.82) is 0 Å². The maximum absolute atomic E-state index is 11.8. The molecule has 11 heteroatoms. The average molecular weight is 482 g/mol. The maximum atomic E-state index is 11.8. The zero-order valence-electron chi connectivity index (χ0n) is 19.8. The van der Waals surface area contributed by atoms with E-state index in [1.165, 1.54) is 6.92 Å². The van der Waals surface area contributed by atoms with Crippen LogP contribution in [0, 0.1) is 0 Å². The van der Waals surface area contributed by atoms with E-state index in [-0.39, 0.29) is 13.2 Å². The Bertz CT molecular complexity index is 841. The van der Waals surface area contributed by atoms with Gasteiger partial charge in [-0.25, -0.2) is 0 Å². The fourth-order valence-electron chi connectivity index (χ4n) is 3.31. The molecule has 2 rings (SSSR count). The van der Waals surface area contributed by atoms with Gasteiger partial charge in [-0.1, -0.05) is 30.3 Å². The summed E-state index contributed by atoms with van der Waals surface area (Å²) in [4.78, 5) is 46.8. The van der Waals surface area contributed by atoms with E-state index in [1.54, 1.807) is 6.92 Å². The lowest BCUT2D eigenvalue weighted by atomic mass is 9.98. The summed E-state index contributed by atoms with van der Waals surface area (Å²) in [5, 5.41) is 0. The molecule has 0 radical (unpaired) electrons. The van der Waals surface area contributed by atoms with Crippen LogP contribution in [0.15, 0.2) is 30.3 Å². The molecule has 1 heterocycles. The van der Waals surface area contributed by atoms with Crippen LogP contribution < -0.4 is 0 Å². The highest BCUT2D eigenvalue weighted by Gasteiger charge is 2.53. The fraction of sp³-hybridized carbons (Fsp3) is 0.565. The minimum absolute atomic E-state index is 0.229. The monoisotopic (exact) mass is 482 g/mol. The van der Waals surface area contributed by atoms with Gasteiger partial charge in [0.15, 0.2) is 24.6 Å². The summed E-state index contributed by atoms with van der Waals surface area (Å²) in [5.74, 6) is -2.75. The van der Waals surface area contributed by atoms with E-state index in [1.807, 2.05) is 30.3 Å². The Morgan fingerprint density at radius 1 is 0.824 bits per heavy atom. The van der Waals surface area contributed by atoms with Crippen LogP contribution in [0.4, 0.5) is 0 Å². The van der Waals surface area contributed by atoms with E-state index >= 15 is 0 Å². The Kier molecular flexibility index (Phi) is 10.4. The largest absolute Gasteiger partial charge is 0.463 e. The topological polar surface area (TPSA) is 133 Å². The van der Waals surface area contributed by atoms with Gasteiger partial charge < -0.3 is 33.2 Å². The van der Waals surface area contributed by atoms with Crippen molar-refractivity contribution in [3.05, 3.63) is 35.9 Å². The minimum Gasteiger partial charge on any atom is -0.463 e. The summed E-state index contributed by atoms with van der Waals surface area (Å²) in [7, 11) is 0. The molecule has 0 spiro atoms. The molecule has 0 saturated carbocycles. The third kappa shape index (κ3) is 8.73. The molecule has 0 bridgehead atoms. The van der Waals surface area contributed by atoms with E-state index in [9.17, 15) is 19.2 Å². The normalized spacial score (nSPS) is 25.0. The molecule has 34 heavy (non-hydrogen) atoms. The molecule has 0 amide bonds. The predicted molar refractivity (Wildman–Crippen MR) is 114 cm³/mol. The number of benzene rings is 1. The Balaban J connectivity index is 2.28. The Morgan fingerprint density at radius 3 is 1.94 bits per heavy atom. The van der Waals surface area contributed by atoms with E-state index in [0.717, 1.165) is 26.3 Å². The molecule has 188 valence electrons. The highest BCUT2D eigenvalue weighted by molar-refractivity contribution is 5.68. The van der Waals surface area contributed by atoms with Gasteiger partial charge in [0.2, 0.25) is 6.29 Å². The summed E-state index contributed by atoms with van der Waals surface area (Å²) in [6.07, 6.45) is -7.08. The predicted octanol–water partition coefficient (Wildman–Crippen LogP) is 1.65. The van der Waals surface area contributed by atoms with Crippen molar-refractivity contribution in [2.45, 2.75) is 78.2 Å². The molecule has 1 saturated heterocycles. The summed E-state index contributed by atoms with van der Waals surface area (Å²) >= 11 is 0. The Labute approximate surface area is 197 Å². The molecule has 0 aromatic heterocycles. The second kappa shape index (κ2) is 13.0. The number of hydrogen-bond acceptors (Lipinski definition) is 11. The van der Waals surface area contributed by atoms with Crippen molar-refractivity contribution in [3.8, 4) is 0 Å². The van der Waals surface area contributed by atoms with Gasteiger partial charge in [0.25, 0.3) is 0 Å². The maximum Gasteiger partial charge on any atom is 0.303 e. The van der Waals surface area contributed by atoms with Crippen molar-refractivity contribution < 1.29 is 52.3 Å². The van der Waals surface area contributed by atoms with Gasteiger partial charge in [0.05, 0.1) is 6.61 Å². The van der Waals surface area contributed by atoms with Gasteiger partial charge in [-0.2, -0.15) is 0 Å². The molecule has 11 nitrogen and oxygen atoms in total. The van der Waals surface area contributed by atoms with Crippen LogP contribution >= 0.6 is 0 Å². The molecule has 1 aliphatic rings. The smallest absolute Gasteiger partial charge is 0.303 e. The third-order valence-electron chi connectivity index (χ3n) is 4.60. The number of carbonyl (C=O) groups excluding carboxylic acids is 4. The molecule has 1 aromatic carbocycles. The zero-order chi connectivity index (χ0) is 25.3. The Morgan fingerprint density at radius 2 is 1.38 bits per heavy atom. The molecule has 0 unspecified atom stereocenters. The highest BCUT2D eigenvalue weighted by atomic mass is 16.8. The molecular formula is C23H30O11. The summed E-state index contributed by atoms with van der Waals surface area (Å²) in [6.45, 7) is 6.15. The van der Waals surface area contributed by atoms with Gasteiger partial charge in [0.1, 0.15) is 12.7 Å². The summed E-state index contributed by atoms with van der Waals surface area (Å²) in [6, 6.07) is 9.36. The number of carbonyl (C=O) groups is 4. The van der Waals surface area contributed by atoms with Crippen LogP contribution in [-0.2, 0) is 58.9 Å². The highest BCUT2D eigenvalue weighted by Crippen LogP contribution is 2.30. The fourth-order valence-corrected chi connectivity index (χ4v) is 3.31. The Hall–Kier alpha value is -3.02. The summed E-state index contributed by atoms with van der Waals surface area (Å²) in [5.41, 5.74) is 0.902. The molecule has 1 aromatic rings. The minimum atomic E-state index is -1.30. The third-order valence-corrected chi connectivity index (χ3v) is 4.60. The van der Waals surface area contributed by atoms with Gasteiger partial charge in [-0.15, -0.1) is 0 Å². The van der Waals surface area contributed by atoms with E-state index in [2.05, 4.69) is 0 Å². The average Bonchev–Trinajstić information content (AvgIpc) is 2.75. The van der Waals surface area contributed by atoms with Gasteiger partial charge in [0, 0.05) is 27.7 Å². The van der Waals surface area contributed by atoms with Gasteiger partial charge in [-0.3, -0.25) is 19.2 Å². The van der Waals surface area contributed by atoms with Crippen LogP contribution in [0.1, 0.15) is 40.2 Å². The van der Waals surface area contributed by atoms with Crippen molar-refractivity contribution in [1.82, 2.24) is 0 Å².